The predicted molar refractivity (Wildman–Crippen MR) is 173 cm³/mol. The first kappa shape index (κ1) is 32.1. The number of nitrogens with zero attached hydrogens (tertiary/aromatic N) is 3. The molecular formula is C36H32F3N5O5. The summed E-state index contributed by atoms with van der Waals surface area (Å²) in [7, 11) is 0. The van der Waals surface area contributed by atoms with Gasteiger partial charge in [-0.1, -0.05) is 18.2 Å². The van der Waals surface area contributed by atoms with Crippen LogP contribution in [0.1, 0.15) is 66.1 Å². The van der Waals surface area contributed by atoms with Crippen LogP contribution in [0.5, 0.6) is 5.75 Å². The number of carbonyl (C=O) groups excluding carboxylic acids is 2. The molecule has 1 atom stereocenters. The molecule has 0 bridgehead atoms. The van der Waals surface area contributed by atoms with Gasteiger partial charge in [0.15, 0.2) is 0 Å². The van der Waals surface area contributed by atoms with E-state index in [2.05, 4.69) is 20.3 Å². The Kier molecular flexibility index (Phi) is 8.23. The molecular weight excluding hydrogens is 639 g/mol. The van der Waals surface area contributed by atoms with E-state index in [1.54, 1.807) is 45.2 Å². The molecule has 2 N–H and O–H groups in total. The molecule has 0 spiro atoms. The summed E-state index contributed by atoms with van der Waals surface area (Å²) in [6.45, 7) is 5.79. The fourth-order valence-electron chi connectivity index (χ4n) is 6.19. The number of pyridine rings is 2. The minimum absolute atomic E-state index is 0.0290. The van der Waals surface area contributed by atoms with Gasteiger partial charge in [0.25, 0.3) is 5.91 Å². The van der Waals surface area contributed by atoms with Gasteiger partial charge in [0.05, 0.1) is 42.5 Å². The first-order chi connectivity index (χ1) is 23.5. The SMILES string of the molecule is CC(C)(C)OC(=O)Nc1nc2cc(C(=O)N(Cc3ccc(-c4c(F)cccc4F)cc3F)C3CCOc4cccnc43)[nH]c2c2c1COC2. The van der Waals surface area contributed by atoms with Crippen molar-refractivity contribution in [2.45, 2.75) is 58.6 Å². The van der Waals surface area contributed by atoms with Crippen LogP contribution >= 0.6 is 0 Å². The van der Waals surface area contributed by atoms with E-state index in [1.165, 1.54) is 23.1 Å². The molecule has 0 fully saturated rings. The molecule has 13 heteroatoms. The Morgan fingerprint density at radius 1 is 1.02 bits per heavy atom. The summed E-state index contributed by atoms with van der Waals surface area (Å²) < 4.78 is 61.7. The predicted octanol–water partition coefficient (Wildman–Crippen LogP) is 7.59. The lowest BCUT2D eigenvalue weighted by Gasteiger charge is -2.35. The summed E-state index contributed by atoms with van der Waals surface area (Å²) in [4.78, 5) is 40.9. The lowest BCUT2D eigenvalue weighted by Crippen LogP contribution is -2.38. The van der Waals surface area contributed by atoms with Gasteiger partial charge in [0.1, 0.15) is 46.0 Å². The van der Waals surface area contributed by atoms with Gasteiger partial charge in [-0.05, 0) is 62.7 Å². The van der Waals surface area contributed by atoms with Crippen molar-refractivity contribution in [1.29, 1.82) is 0 Å². The second-order valence-electron chi connectivity index (χ2n) is 12.9. The number of hydrogen-bond acceptors (Lipinski definition) is 7. The van der Waals surface area contributed by atoms with Crippen molar-refractivity contribution in [1.82, 2.24) is 19.9 Å². The zero-order valence-electron chi connectivity index (χ0n) is 26.9. The highest BCUT2D eigenvalue weighted by atomic mass is 19.1. The topological polar surface area (TPSA) is 119 Å². The second-order valence-corrected chi connectivity index (χ2v) is 12.9. The molecule has 2 amide bonds. The summed E-state index contributed by atoms with van der Waals surface area (Å²) in [6, 6.07) is 11.8. The Morgan fingerprint density at radius 2 is 1.80 bits per heavy atom. The fourth-order valence-corrected chi connectivity index (χ4v) is 6.19. The van der Waals surface area contributed by atoms with Gasteiger partial charge in [-0.25, -0.2) is 22.9 Å². The average Bonchev–Trinajstić information content (AvgIpc) is 3.71. The van der Waals surface area contributed by atoms with Gasteiger partial charge < -0.3 is 24.1 Å². The minimum atomic E-state index is -0.817. The molecule has 0 aliphatic carbocycles. The van der Waals surface area contributed by atoms with E-state index >= 15 is 4.39 Å². The van der Waals surface area contributed by atoms with Gasteiger partial charge in [-0.15, -0.1) is 0 Å². The van der Waals surface area contributed by atoms with Crippen LogP contribution in [0.15, 0.2) is 60.8 Å². The van der Waals surface area contributed by atoms with Crippen LogP contribution in [-0.4, -0.2) is 44.1 Å². The van der Waals surface area contributed by atoms with Crippen molar-refractivity contribution in [3.8, 4) is 16.9 Å². The number of amides is 2. The molecule has 10 nitrogen and oxygen atoms in total. The van der Waals surface area contributed by atoms with E-state index in [0.29, 0.717) is 41.1 Å². The monoisotopic (exact) mass is 671 g/mol. The number of halogens is 3. The highest BCUT2D eigenvalue weighted by molar-refractivity contribution is 5.99. The smallest absolute Gasteiger partial charge is 0.413 e. The number of ether oxygens (including phenoxy) is 3. The van der Waals surface area contributed by atoms with Crippen LogP contribution in [0.4, 0.5) is 23.8 Å². The number of aromatic nitrogens is 3. The van der Waals surface area contributed by atoms with E-state index < -0.39 is 41.1 Å². The quantitative estimate of drug-likeness (QED) is 0.191. The summed E-state index contributed by atoms with van der Waals surface area (Å²) in [5.74, 6) is -2.07. The third kappa shape index (κ3) is 6.29. The molecule has 5 heterocycles. The number of nitrogens with one attached hydrogen (secondary N) is 2. The second kappa shape index (κ2) is 12.5. The number of rotatable bonds is 6. The molecule has 49 heavy (non-hydrogen) atoms. The van der Waals surface area contributed by atoms with Crippen molar-refractivity contribution in [3.63, 3.8) is 0 Å². The standard InChI is InChI=1S/C36H32F3N5O5/c1-36(2,3)49-35(46)43-33-22-18-47-17-21(22)31-26(42-33)15-27(41-31)34(45)44(28-11-13-48-29-8-5-12-40-32(28)29)16-20-10-9-19(14-25(20)39)30-23(37)6-4-7-24(30)38/h4-10,12,14-15,28,41H,11,13,16-18H2,1-3H3,(H,42,43,46). The first-order valence-electron chi connectivity index (χ1n) is 15.7. The number of carbonyl (C=O) groups is 2. The molecule has 2 aliphatic heterocycles. The Hall–Kier alpha value is -5.43. The van der Waals surface area contributed by atoms with E-state index in [9.17, 15) is 18.4 Å². The fraction of sp³-hybridized carbons (Fsp3) is 0.278. The zero-order chi connectivity index (χ0) is 34.4. The number of fused-ring (bicyclic) bond motifs is 4. The summed E-state index contributed by atoms with van der Waals surface area (Å²) >= 11 is 0. The minimum Gasteiger partial charge on any atom is -0.491 e. The molecule has 0 saturated carbocycles. The molecule has 0 radical (unpaired) electrons. The zero-order valence-corrected chi connectivity index (χ0v) is 26.9. The van der Waals surface area contributed by atoms with Crippen LogP contribution in [0.3, 0.4) is 0 Å². The molecule has 7 rings (SSSR count). The van der Waals surface area contributed by atoms with Crippen molar-refractivity contribution >= 4 is 28.9 Å². The number of hydrogen-bond donors (Lipinski definition) is 2. The van der Waals surface area contributed by atoms with Gasteiger partial charge in [-0.3, -0.25) is 15.1 Å². The van der Waals surface area contributed by atoms with E-state index in [-0.39, 0.29) is 48.0 Å². The van der Waals surface area contributed by atoms with Crippen molar-refractivity contribution in [3.05, 3.63) is 106 Å². The van der Waals surface area contributed by atoms with Crippen LogP contribution in [0.25, 0.3) is 22.2 Å². The van der Waals surface area contributed by atoms with E-state index in [4.69, 9.17) is 14.2 Å². The van der Waals surface area contributed by atoms with Gasteiger partial charge >= 0.3 is 6.09 Å². The van der Waals surface area contributed by atoms with E-state index in [0.717, 1.165) is 23.8 Å². The number of anilines is 1. The third-order valence-electron chi connectivity index (χ3n) is 8.37. The maximum Gasteiger partial charge on any atom is 0.413 e. The summed E-state index contributed by atoms with van der Waals surface area (Å²) in [5.41, 5.74) is 2.15. The molecule has 5 aromatic rings. The van der Waals surface area contributed by atoms with Crippen LogP contribution < -0.4 is 10.1 Å². The Bertz CT molecular complexity index is 2090. The summed E-state index contributed by atoms with van der Waals surface area (Å²) in [6.07, 6.45) is 1.29. The van der Waals surface area contributed by atoms with Crippen molar-refractivity contribution in [2.75, 3.05) is 11.9 Å². The molecule has 3 aromatic heterocycles. The molecule has 252 valence electrons. The normalized spacial score (nSPS) is 15.3. The van der Waals surface area contributed by atoms with Gasteiger partial charge in [0.2, 0.25) is 0 Å². The Balaban J connectivity index is 1.27. The van der Waals surface area contributed by atoms with Gasteiger partial charge in [-0.2, -0.15) is 0 Å². The molecule has 0 saturated heterocycles. The van der Waals surface area contributed by atoms with Crippen LogP contribution in [-0.2, 0) is 29.2 Å². The number of aromatic amines is 1. The highest BCUT2D eigenvalue weighted by Crippen LogP contribution is 2.38. The first-order valence-corrected chi connectivity index (χ1v) is 15.7. The Morgan fingerprint density at radius 3 is 2.55 bits per heavy atom. The molecule has 2 aliphatic rings. The molecule has 2 aromatic carbocycles. The van der Waals surface area contributed by atoms with Crippen molar-refractivity contribution in [2.24, 2.45) is 0 Å². The van der Waals surface area contributed by atoms with Crippen LogP contribution in [0.2, 0.25) is 0 Å². The Labute approximate surface area is 279 Å². The lowest BCUT2D eigenvalue weighted by molar-refractivity contribution is 0.0585. The maximum atomic E-state index is 15.8. The highest BCUT2D eigenvalue weighted by Gasteiger charge is 2.34. The van der Waals surface area contributed by atoms with E-state index in [1.807, 2.05) is 0 Å². The average molecular weight is 672 g/mol. The lowest BCUT2D eigenvalue weighted by atomic mass is 10.00. The number of benzene rings is 2. The maximum absolute atomic E-state index is 15.8. The van der Waals surface area contributed by atoms with Crippen molar-refractivity contribution < 1.29 is 37.0 Å². The van der Waals surface area contributed by atoms with Crippen LogP contribution in [0, 0.1) is 17.5 Å². The largest absolute Gasteiger partial charge is 0.491 e. The summed E-state index contributed by atoms with van der Waals surface area (Å²) in [5, 5.41) is 2.70. The third-order valence-corrected chi connectivity index (χ3v) is 8.37. The number of H-pyrrole nitrogens is 1. The molecule has 1 unspecified atom stereocenters. The van der Waals surface area contributed by atoms with Gasteiger partial charge in [0, 0.05) is 35.9 Å².